The van der Waals surface area contributed by atoms with E-state index in [2.05, 4.69) is 20.9 Å². The third kappa shape index (κ3) is 1.25. The summed E-state index contributed by atoms with van der Waals surface area (Å²) in [6.07, 6.45) is 1.96. The first kappa shape index (κ1) is 10.3. The molecular weight excluding hydrogens is 272 g/mol. The zero-order valence-electron chi connectivity index (χ0n) is 8.56. The summed E-state index contributed by atoms with van der Waals surface area (Å²) in [5.74, 6) is 0.865. The average Bonchev–Trinajstić information content (AvgIpc) is 2.58. The van der Waals surface area contributed by atoms with Crippen molar-refractivity contribution < 1.29 is 9.84 Å². The molecule has 2 aromatic heterocycles. The molecule has 0 aromatic carbocycles. The maximum absolute atomic E-state index is 9.51. The molecule has 1 aliphatic heterocycles. The summed E-state index contributed by atoms with van der Waals surface area (Å²) >= 11 is 3.44. The number of pyridine rings is 1. The lowest BCUT2D eigenvalue weighted by atomic mass is 9.86. The number of aliphatic hydroxyl groups excluding tert-OH is 1. The van der Waals surface area contributed by atoms with E-state index in [0.717, 1.165) is 15.9 Å². The molecule has 1 saturated heterocycles. The van der Waals surface area contributed by atoms with Gasteiger partial charge in [-0.3, -0.25) is 0 Å². The zero-order chi connectivity index (χ0) is 11.2. The van der Waals surface area contributed by atoms with E-state index in [9.17, 15) is 5.11 Å². The van der Waals surface area contributed by atoms with Crippen molar-refractivity contribution in [3.8, 4) is 0 Å². The number of hydrogen-bond acceptors (Lipinski definition) is 3. The third-order valence-corrected chi connectivity index (χ3v) is 3.62. The van der Waals surface area contributed by atoms with E-state index in [1.807, 2.05) is 28.8 Å². The molecule has 5 heteroatoms. The van der Waals surface area contributed by atoms with E-state index in [0.29, 0.717) is 13.2 Å². The molecule has 0 saturated carbocycles. The molecule has 3 heterocycles. The molecule has 0 spiro atoms. The van der Waals surface area contributed by atoms with Crippen molar-refractivity contribution >= 4 is 21.4 Å². The Kier molecular flexibility index (Phi) is 2.27. The Hall–Kier alpha value is -0.910. The summed E-state index contributed by atoms with van der Waals surface area (Å²) in [5.41, 5.74) is 0.674. The van der Waals surface area contributed by atoms with Gasteiger partial charge < -0.3 is 14.2 Å². The van der Waals surface area contributed by atoms with E-state index in [4.69, 9.17) is 4.74 Å². The summed E-state index contributed by atoms with van der Waals surface area (Å²) in [7, 11) is 0. The van der Waals surface area contributed by atoms with Crippen LogP contribution in [0.25, 0.3) is 5.52 Å². The predicted molar refractivity (Wildman–Crippen MR) is 62.5 cm³/mol. The zero-order valence-corrected chi connectivity index (χ0v) is 10.1. The SMILES string of the molecule is OCC1(c2nc(Br)c3ccccn23)COC1. The number of rotatable bonds is 2. The Morgan fingerprint density at radius 3 is 2.94 bits per heavy atom. The lowest BCUT2D eigenvalue weighted by molar-refractivity contribution is -0.0886. The number of ether oxygens (including phenoxy) is 1. The Labute approximate surface area is 101 Å². The molecule has 0 atom stereocenters. The maximum Gasteiger partial charge on any atom is 0.132 e. The molecule has 4 nitrogen and oxygen atoms in total. The summed E-state index contributed by atoms with van der Waals surface area (Å²) in [4.78, 5) is 4.49. The lowest BCUT2D eigenvalue weighted by Crippen LogP contribution is -2.51. The molecule has 0 amide bonds. The molecule has 0 unspecified atom stereocenters. The minimum absolute atomic E-state index is 0.0629. The van der Waals surface area contributed by atoms with Gasteiger partial charge in [0.05, 0.1) is 30.8 Å². The second-order valence-corrected chi connectivity index (χ2v) is 4.86. The number of fused-ring (bicyclic) bond motifs is 1. The number of hydrogen-bond donors (Lipinski definition) is 1. The molecule has 16 heavy (non-hydrogen) atoms. The van der Waals surface area contributed by atoms with Crippen LogP contribution in [-0.2, 0) is 10.2 Å². The van der Waals surface area contributed by atoms with Crippen LogP contribution in [-0.4, -0.2) is 34.3 Å². The van der Waals surface area contributed by atoms with Gasteiger partial charge in [0.15, 0.2) is 0 Å². The van der Waals surface area contributed by atoms with Crippen molar-refractivity contribution in [3.63, 3.8) is 0 Å². The number of nitrogens with zero attached hydrogens (tertiary/aromatic N) is 2. The van der Waals surface area contributed by atoms with Gasteiger partial charge in [0.2, 0.25) is 0 Å². The molecule has 1 N–H and O–H groups in total. The van der Waals surface area contributed by atoms with Crippen LogP contribution >= 0.6 is 15.9 Å². The second-order valence-electron chi connectivity index (χ2n) is 4.11. The van der Waals surface area contributed by atoms with E-state index >= 15 is 0 Å². The number of imidazole rings is 1. The highest BCUT2D eigenvalue weighted by molar-refractivity contribution is 9.10. The minimum Gasteiger partial charge on any atom is -0.395 e. The summed E-state index contributed by atoms with van der Waals surface area (Å²) < 4.78 is 8.02. The number of aliphatic hydroxyl groups is 1. The maximum atomic E-state index is 9.51. The van der Waals surface area contributed by atoms with Crippen molar-refractivity contribution in [2.45, 2.75) is 5.41 Å². The molecule has 0 aliphatic carbocycles. The molecule has 1 fully saturated rings. The highest BCUT2D eigenvalue weighted by Crippen LogP contribution is 2.33. The monoisotopic (exact) mass is 282 g/mol. The largest absolute Gasteiger partial charge is 0.395 e. The van der Waals surface area contributed by atoms with Crippen LogP contribution in [0.3, 0.4) is 0 Å². The fourth-order valence-corrected chi connectivity index (χ4v) is 2.50. The van der Waals surface area contributed by atoms with Gasteiger partial charge >= 0.3 is 0 Å². The van der Waals surface area contributed by atoms with Crippen molar-refractivity contribution in [2.24, 2.45) is 0 Å². The van der Waals surface area contributed by atoms with Crippen LogP contribution in [0.2, 0.25) is 0 Å². The first-order valence-electron chi connectivity index (χ1n) is 5.08. The van der Waals surface area contributed by atoms with Crippen LogP contribution in [0.5, 0.6) is 0 Å². The van der Waals surface area contributed by atoms with Gasteiger partial charge in [0.1, 0.15) is 10.4 Å². The molecule has 84 valence electrons. The van der Waals surface area contributed by atoms with Gasteiger partial charge in [-0.1, -0.05) is 6.07 Å². The van der Waals surface area contributed by atoms with Gasteiger partial charge in [-0.25, -0.2) is 4.98 Å². The van der Waals surface area contributed by atoms with Gasteiger partial charge in [0, 0.05) is 6.20 Å². The van der Waals surface area contributed by atoms with Crippen LogP contribution < -0.4 is 0 Å². The molecular formula is C11H11BrN2O2. The van der Waals surface area contributed by atoms with E-state index in [1.54, 1.807) is 0 Å². The van der Waals surface area contributed by atoms with Crippen LogP contribution in [0.15, 0.2) is 29.0 Å². The van der Waals surface area contributed by atoms with Crippen molar-refractivity contribution in [1.29, 1.82) is 0 Å². The van der Waals surface area contributed by atoms with Gasteiger partial charge in [-0.15, -0.1) is 0 Å². The molecule has 1 aliphatic rings. The van der Waals surface area contributed by atoms with E-state index in [-0.39, 0.29) is 12.0 Å². The molecule has 0 radical (unpaired) electrons. The fourth-order valence-electron chi connectivity index (χ4n) is 2.01. The molecule has 3 rings (SSSR count). The number of aromatic nitrogens is 2. The smallest absolute Gasteiger partial charge is 0.132 e. The fraction of sp³-hybridized carbons (Fsp3) is 0.364. The topological polar surface area (TPSA) is 46.8 Å². The van der Waals surface area contributed by atoms with Crippen molar-refractivity contribution in [3.05, 3.63) is 34.8 Å². The highest BCUT2D eigenvalue weighted by atomic mass is 79.9. The standard InChI is InChI=1S/C11H11BrN2O2/c12-9-8-3-1-2-4-14(8)10(13-9)11(5-15)6-16-7-11/h1-4,15H,5-7H2. The Bertz CT molecular complexity index is 528. The first-order chi connectivity index (χ1) is 7.77. The van der Waals surface area contributed by atoms with Crippen LogP contribution in [0, 0.1) is 0 Å². The second kappa shape index (κ2) is 3.55. The lowest BCUT2D eigenvalue weighted by Gasteiger charge is -2.38. The minimum atomic E-state index is -0.337. The van der Waals surface area contributed by atoms with Gasteiger partial charge in [-0.2, -0.15) is 0 Å². The Morgan fingerprint density at radius 1 is 1.50 bits per heavy atom. The average molecular weight is 283 g/mol. The quantitative estimate of drug-likeness (QED) is 0.905. The normalized spacial score (nSPS) is 18.6. The predicted octanol–water partition coefficient (Wildman–Crippen LogP) is 1.36. The summed E-state index contributed by atoms with van der Waals surface area (Å²) in [5, 5.41) is 9.51. The van der Waals surface area contributed by atoms with E-state index in [1.165, 1.54) is 0 Å². The Balaban J connectivity index is 2.24. The molecule has 0 bridgehead atoms. The summed E-state index contributed by atoms with van der Waals surface area (Å²) in [6.45, 7) is 1.13. The van der Waals surface area contributed by atoms with Crippen molar-refractivity contribution in [1.82, 2.24) is 9.38 Å². The van der Waals surface area contributed by atoms with Crippen LogP contribution in [0.4, 0.5) is 0 Å². The van der Waals surface area contributed by atoms with E-state index < -0.39 is 0 Å². The van der Waals surface area contributed by atoms with Gasteiger partial charge in [-0.05, 0) is 28.1 Å². The van der Waals surface area contributed by atoms with Gasteiger partial charge in [0.25, 0.3) is 0 Å². The molecule has 2 aromatic rings. The highest BCUT2D eigenvalue weighted by Gasteiger charge is 2.43. The summed E-state index contributed by atoms with van der Waals surface area (Å²) in [6, 6.07) is 5.91. The Morgan fingerprint density at radius 2 is 2.31 bits per heavy atom. The number of halogens is 1. The van der Waals surface area contributed by atoms with Crippen LogP contribution in [0.1, 0.15) is 5.82 Å². The van der Waals surface area contributed by atoms with Crippen molar-refractivity contribution in [2.75, 3.05) is 19.8 Å². The first-order valence-corrected chi connectivity index (χ1v) is 5.88. The third-order valence-electron chi connectivity index (χ3n) is 3.04.